The SMILES string of the molecule is CCN(CC)CCNC(=O)c1cc(NC(=O)Nc2ccccc2F)ccc1N(C)C. The van der Waals surface area contributed by atoms with E-state index in [-0.39, 0.29) is 11.6 Å². The Morgan fingerprint density at radius 2 is 1.70 bits per heavy atom. The van der Waals surface area contributed by atoms with E-state index in [0.717, 1.165) is 25.3 Å². The minimum atomic E-state index is -0.592. The number of carbonyl (C=O) groups is 2. The molecule has 0 aromatic heterocycles. The van der Waals surface area contributed by atoms with Gasteiger partial charge in [0.1, 0.15) is 5.82 Å². The van der Waals surface area contributed by atoms with E-state index in [4.69, 9.17) is 0 Å². The number of para-hydroxylation sites is 1. The first-order valence-corrected chi connectivity index (χ1v) is 10.00. The van der Waals surface area contributed by atoms with Gasteiger partial charge in [0, 0.05) is 38.6 Å². The number of halogens is 1. The Morgan fingerprint density at radius 3 is 2.33 bits per heavy atom. The molecule has 3 N–H and O–H groups in total. The second-order valence-corrected chi connectivity index (χ2v) is 6.97. The highest BCUT2D eigenvalue weighted by molar-refractivity contribution is 6.04. The van der Waals surface area contributed by atoms with Crippen molar-refractivity contribution < 1.29 is 14.0 Å². The van der Waals surface area contributed by atoms with Gasteiger partial charge in [0.2, 0.25) is 0 Å². The van der Waals surface area contributed by atoms with Crippen molar-refractivity contribution in [2.45, 2.75) is 13.8 Å². The van der Waals surface area contributed by atoms with Gasteiger partial charge in [-0.15, -0.1) is 0 Å². The van der Waals surface area contributed by atoms with Crippen molar-refractivity contribution in [1.29, 1.82) is 0 Å². The Balaban J connectivity index is 2.10. The molecule has 0 aliphatic heterocycles. The van der Waals surface area contributed by atoms with Crippen LogP contribution in [0.25, 0.3) is 0 Å². The van der Waals surface area contributed by atoms with Crippen molar-refractivity contribution in [3.63, 3.8) is 0 Å². The third kappa shape index (κ3) is 6.45. The van der Waals surface area contributed by atoms with Gasteiger partial charge in [-0.2, -0.15) is 0 Å². The van der Waals surface area contributed by atoms with Crippen molar-refractivity contribution in [3.05, 3.63) is 53.8 Å². The van der Waals surface area contributed by atoms with Crippen LogP contribution in [0, 0.1) is 5.82 Å². The molecule has 0 saturated carbocycles. The maximum absolute atomic E-state index is 13.7. The summed E-state index contributed by atoms with van der Waals surface area (Å²) < 4.78 is 13.7. The molecule has 0 aliphatic rings. The van der Waals surface area contributed by atoms with Crippen molar-refractivity contribution in [2.75, 3.05) is 55.8 Å². The first-order valence-electron chi connectivity index (χ1n) is 10.00. The van der Waals surface area contributed by atoms with Crippen molar-refractivity contribution >= 4 is 29.0 Å². The van der Waals surface area contributed by atoms with E-state index in [2.05, 4.69) is 34.7 Å². The number of nitrogens with one attached hydrogen (secondary N) is 3. The standard InChI is InChI=1S/C22H30FN5O2/c1-5-28(6-2)14-13-24-21(29)17-15-16(11-12-20(17)27(3)4)25-22(30)26-19-10-8-7-9-18(19)23/h7-12,15H,5-6,13-14H2,1-4H3,(H,24,29)(H2,25,26,30). The minimum Gasteiger partial charge on any atom is -0.377 e. The van der Waals surface area contributed by atoms with Gasteiger partial charge in [-0.05, 0) is 43.4 Å². The van der Waals surface area contributed by atoms with Crippen molar-refractivity contribution in [3.8, 4) is 0 Å². The summed E-state index contributed by atoms with van der Waals surface area (Å²) in [5.41, 5.74) is 1.69. The van der Waals surface area contributed by atoms with Gasteiger partial charge >= 0.3 is 6.03 Å². The fourth-order valence-corrected chi connectivity index (χ4v) is 3.00. The Bertz CT molecular complexity index is 868. The molecule has 2 aromatic carbocycles. The average Bonchev–Trinajstić information content (AvgIpc) is 2.72. The van der Waals surface area contributed by atoms with E-state index in [1.54, 1.807) is 30.3 Å². The molecule has 2 rings (SSSR count). The van der Waals surface area contributed by atoms with Crippen LogP contribution in [-0.4, -0.2) is 57.1 Å². The Hall–Kier alpha value is -3.13. The maximum Gasteiger partial charge on any atom is 0.323 e. The van der Waals surface area contributed by atoms with Crippen LogP contribution in [-0.2, 0) is 0 Å². The smallest absolute Gasteiger partial charge is 0.323 e. The number of likely N-dealkylation sites (N-methyl/N-ethyl adjacent to an activating group) is 1. The molecule has 7 nitrogen and oxygen atoms in total. The normalized spacial score (nSPS) is 10.6. The van der Waals surface area contributed by atoms with Gasteiger partial charge in [0.25, 0.3) is 5.91 Å². The lowest BCUT2D eigenvalue weighted by atomic mass is 10.1. The highest BCUT2D eigenvalue weighted by atomic mass is 19.1. The predicted molar refractivity (Wildman–Crippen MR) is 120 cm³/mol. The van der Waals surface area contributed by atoms with E-state index in [0.29, 0.717) is 17.8 Å². The molecule has 0 radical (unpaired) electrons. The van der Waals surface area contributed by atoms with Crippen LogP contribution in [0.3, 0.4) is 0 Å². The van der Waals surface area contributed by atoms with Crippen LogP contribution in [0.1, 0.15) is 24.2 Å². The number of carbonyl (C=O) groups excluding carboxylic acids is 2. The quantitative estimate of drug-likeness (QED) is 0.585. The summed E-state index contributed by atoms with van der Waals surface area (Å²) in [7, 11) is 3.69. The van der Waals surface area contributed by atoms with Crippen LogP contribution in [0.4, 0.5) is 26.2 Å². The predicted octanol–water partition coefficient (Wildman–Crippen LogP) is 3.61. The molecular weight excluding hydrogens is 385 g/mol. The van der Waals surface area contributed by atoms with Gasteiger partial charge in [0.15, 0.2) is 0 Å². The average molecular weight is 416 g/mol. The third-order valence-electron chi connectivity index (χ3n) is 4.71. The molecule has 0 spiro atoms. The zero-order valence-electron chi connectivity index (χ0n) is 18.0. The number of amides is 3. The zero-order valence-corrected chi connectivity index (χ0v) is 18.0. The van der Waals surface area contributed by atoms with Gasteiger partial charge < -0.3 is 25.8 Å². The van der Waals surface area contributed by atoms with E-state index in [1.165, 1.54) is 12.1 Å². The number of hydrogen-bond acceptors (Lipinski definition) is 4. The van der Waals surface area contributed by atoms with E-state index < -0.39 is 11.8 Å². The summed E-state index contributed by atoms with van der Waals surface area (Å²) in [6.07, 6.45) is 0. The van der Waals surface area contributed by atoms with Crippen LogP contribution in [0.5, 0.6) is 0 Å². The van der Waals surface area contributed by atoms with Crippen molar-refractivity contribution in [1.82, 2.24) is 10.2 Å². The molecule has 162 valence electrons. The monoisotopic (exact) mass is 415 g/mol. The number of benzene rings is 2. The number of hydrogen-bond donors (Lipinski definition) is 3. The number of rotatable bonds is 9. The van der Waals surface area contributed by atoms with E-state index >= 15 is 0 Å². The van der Waals surface area contributed by atoms with Crippen LogP contribution >= 0.6 is 0 Å². The molecule has 0 unspecified atom stereocenters. The highest BCUT2D eigenvalue weighted by Crippen LogP contribution is 2.23. The molecule has 0 saturated heterocycles. The first-order chi connectivity index (χ1) is 14.3. The fourth-order valence-electron chi connectivity index (χ4n) is 3.00. The Kier molecular flexibility index (Phi) is 8.61. The zero-order chi connectivity index (χ0) is 22.1. The minimum absolute atomic E-state index is 0.0780. The molecular formula is C22H30FN5O2. The lowest BCUT2D eigenvalue weighted by Crippen LogP contribution is -2.35. The lowest BCUT2D eigenvalue weighted by Gasteiger charge is -2.20. The summed E-state index contributed by atoms with van der Waals surface area (Å²) in [6, 6.07) is 10.4. The number of anilines is 3. The topological polar surface area (TPSA) is 76.7 Å². The van der Waals surface area contributed by atoms with E-state index in [9.17, 15) is 14.0 Å². The molecule has 30 heavy (non-hydrogen) atoms. The Morgan fingerprint density at radius 1 is 1.00 bits per heavy atom. The van der Waals surface area contributed by atoms with Gasteiger partial charge in [0.05, 0.1) is 11.3 Å². The summed E-state index contributed by atoms with van der Waals surface area (Å²) in [6.45, 7) is 7.30. The molecule has 3 amide bonds. The fraction of sp³-hybridized carbons (Fsp3) is 0.364. The first kappa shape index (κ1) is 23.2. The molecule has 0 fully saturated rings. The molecule has 0 aliphatic carbocycles. The van der Waals surface area contributed by atoms with Gasteiger partial charge in [-0.25, -0.2) is 9.18 Å². The van der Waals surface area contributed by atoms with Crippen LogP contribution in [0.2, 0.25) is 0 Å². The summed E-state index contributed by atoms with van der Waals surface area (Å²) in [4.78, 5) is 29.1. The summed E-state index contributed by atoms with van der Waals surface area (Å²) >= 11 is 0. The van der Waals surface area contributed by atoms with E-state index in [1.807, 2.05) is 19.0 Å². The molecule has 0 heterocycles. The third-order valence-corrected chi connectivity index (χ3v) is 4.71. The second-order valence-electron chi connectivity index (χ2n) is 6.97. The second kappa shape index (κ2) is 11.2. The number of nitrogens with zero attached hydrogens (tertiary/aromatic N) is 2. The lowest BCUT2D eigenvalue weighted by molar-refractivity contribution is 0.0949. The van der Waals surface area contributed by atoms with Gasteiger partial charge in [-0.3, -0.25) is 4.79 Å². The molecule has 8 heteroatoms. The Labute approximate surface area is 177 Å². The van der Waals surface area contributed by atoms with Crippen LogP contribution in [0.15, 0.2) is 42.5 Å². The molecule has 0 bridgehead atoms. The number of urea groups is 1. The molecule has 0 atom stereocenters. The van der Waals surface area contributed by atoms with Gasteiger partial charge in [-0.1, -0.05) is 26.0 Å². The highest BCUT2D eigenvalue weighted by Gasteiger charge is 2.15. The van der Waals surface area contributed by atoms with Crippen molar-refractivity contribution in [2.24, 2.45) is 0 Å². The molecule has 2 aromatic rings. The summed E-state index contributed by atoms with van der Waals surface area (Å²) in [5.74, 6) is -0.743. The van der Waals surface area contributed by atoms with Crippen LogP contribution < -0.4 is 20.9 Å². The summed E-state index contributed by atoms with van der Waals surface area (Å²) in [5, 5.41) is 8.05. The maximum atomic E-state index is 13.7. The largest absolute Gasteiger partial charge is 0.377 e.